The number of nitrogens with one attached hydrogen (secondary N) is 1. The van der Waals surface area contributed by atoms with Crippen molar-refractivity contribution < 1.29 is 4.74 Å². The van der Waals surface area contributed by atoms with Crippen LogP contribution in [0.2, 0.25) is 0 Å². The summed E-state index contributed by atoms with van der Waals surface area (Å²) >= 11 is 0. The molecule has 4 heteroatoms. The van der Waals surface area contributed by atoms with Gasteiger partial charge in [0.25, 0.3) is 0 Å². The fourth-order valence-electron chi connectivity index (χ4n) is 1.93. The molecule has 2 rings (SSSR count). The largest absolute Gasteiger partial charge is 0.491 e. The van der Waals surface area contributed by atoms with Crippen molar-refractivity contribution in [1.29, 1.82) is 0 Å². The van der Waals surface area contributed by atoms with Gasteiger partial charge in [-0.05, 0) is 38.1 Å². The molecule has 1 saturated heterocycles. The monoisotopic (exact) mass is 256 g/mol. The van der Waals surface area contributed by atoms with E-state index >= 15 is 0 Å². The van der Waals surface area contributed by atoms with Gasteiger partial charge in [0.1, 0.15) is 5.75 Å². The summed E-state index contributed by atoms with van der Waals surface area (Å²) in [5.41, 5.74) is 1.29. The fraction of sp³-hybridized carbons (Fsp3) is 0.538. The Balaban J connectivity index is 0.00000144. The summed E-state index contributed by atoms with van der Waals surface area (Å²) in [6.45, 7) is 8.41. The summed E-state index contributed by atoms with van der Waals surface area (Å²) in [6, 6.07) is 8.39. The van der Waals surface area contributed by atoms with Crippen molar-refractivity contribution in [3.8, 4) is 5.75 Å². The molecule has 3 nitrogen and oxygen atoms in total. The molecule has 0 spiro atoms. The molecule has 1 aliphatic rings. The van der Waals surface area contributed by atoms with E-state index in [0.717, 1.165) is 31.9 Å². The third kappa shape index (κ3) is 4.10. The second-order valence-electron chi connectivity index (χ2n) is 4.40. The van der Waals surface area contributed by atoms with Crippen LogP contribution in [0.5, 0.6) is 5.75 Å². The number of hydrogen-bond donors (Lipinski definition) is 1. The number of piperazine rings is 1. The van der Waals surface area contributed by atoms with Gasteiger partial charge in [-0.1, -0.05) is 0 Å². The van der Waals surface area contributed by atoms with Crippen LogP contribution >= 0.6 is 12.4 Å². The number of halogens is 1. The second-order valence-corrected chi connectivity index (χ2v) is 4.40. The lowest BCUT2D eigenvalue weighted by atomic mass is 10.2. The van der Waals surface area contributed by atoms with E-state index in [2.05, 4.69) is 34.5 Å². The molecule has 1 aliphatic heterocycles. The van der Waals surface area contributed by atoms with Crippen molar-refractivity contribution in [3.63, 3.8) is 0 Å². The predicted octanol–water partition coefficient (Wildman–Crippen LogP) is 2.31. The van der Waals surface area contributed by atoms with E-state index < -0.39 is 0 Å². The SMILES string of the molecule is CC(C)Oc1ccc(N2CCNCC2)cc1.Cl. The lowest BCUT2D eigenvalue weighted by molar-refractivity contribution is 0.242. The van der Waals surface area contributed by atoms with Crippen molar-refractivity contribution in [2.24, 2.45) is 0 Å². The highest BCUT2D eigenvalue weighted by Crippen LogP contribution is 2.20. The van der Waals surface area contributed by atoms with Gasteiger partial charge in [-0.3, -0.25) is 0 Å². The molecule has 0 saturated carbocycles. The van der Waals surface area contributed by atoms with Crippen LogP contribution in [0.1, 0.15) is 13.8 Å². The first-order chi connectivity index (χ1) is 7.75. The van der Waals surface area contributed by atoms with Gasteiger partial charge in [0.15, 0.2) is 0 Å². The molecule has 1 aromatic rings. The number of nitrogens with zero attached hydrogens (tertiary/aromatic N) is 1. The molecule has 0 aromatic heterocycles. The van der Waals surface area contributed by atoms with Gasteiger partial charge in [0.2, 0.25) is 0 Å². The maximum atomic E-state index is 5.63. The molecule has 1 N–H and O–H groups in total. The van der Waals surface area contributed by atoms with Crippen LogP contribution in [0, 0.1) is 0 Å². The zero-order chi connectivity index (χ0) is 11.4. The van der Waals surface area contributed by atoms with Crippen molar-refractivity contribution in [2.75, 3.05) is 31.1 Å². The summed E-state index contributed by atoms with van der Waals surface area (Å²) < 4.78 is 5.63. The molecule has 1 fully saturated rings. The first-order valence-electron chi connectivity index (χ1n) is 5.98. The molecule has 96 valence electrons. The molecule has 1 aromatic carbocycles. The van der Waals surface area contributed by atoms with Gasteiger partial charge in [0.05, 0.1) is 6.10 Å². The maximum Gasteiger partial charge on any atom is 0.119 e. The van der Waals surface area contributed by atoms with Crippen molar-refractivity contribution in [3.05, 3.63) is 24.3 Å². The molecule has 0 aliphatic carbocycles. The Labute approximate surface area is 110 Å². The van der Waals surface area contributed by atoms with Crippen LogP contribution in [-0.2, 0) is 0 Å². The molecule has 17 heavy (non-hydrogen) atoms. The van der Waals surface area contributed by atoms with Gasteiger partial charge in [-0.2, -0.15) is 0 Å². The first kappa shape index (κ1) is 14.1. The van der Waals surface area contributed by atoms with Gasteiger partial charge in [-0.25, -0.2) is 0 Å². The standard InChI is InChI=1S/C13H20N2O.ClH/c1-11(2)16-13-5-3-12(4-6-13)15-9-7-14-8-10-15;/h3-6,11,14H,7-10H2,1-2H3;1H. The highest BCUT2D eigenvalue weighted by Gasteiger charge is 2.10. The van der Waals surface area contributed by atoms with Crippen molar-refractivity contribution in [1.82, 2.24) is 5.32 Å². The van der Waals surface area contributed by atoms with Gasteiger partial charge in [0, 0.05) is 31.9 Å². The van der Waals surface area contributed by atoms with Crippen LogP contribution in [0.25, 0.3) is 0 Å². The number of rotatable bonds is 3. The van der Waals surface area contributed by atoms with Gasteiger partial charge in [-0.15, -0.1) is 12.4 Å². The molecular formula is C13H21ClN2O. The fourth-order valence-corrected chi connectivity index (χ4v) is 1.93. The topological polar surface area (TPSA) is 24.5 Å². The third-order valence-corrected chi connectivity index (χ3v) is 2.69. The highest BCUT2D eigenvalue weighted by atomic mass is 35.5. The van der Waals surface area contributed by atoms with Crippen LogP contribution in [0.4, 0.5) is 5.69 Å². The molecule has 0 bridgehead atoms. The van der Waals surface area contributed by atoms with E-state index in [-0.39, 0.29) is 18.5 Å². The minimum atomic E-state index is 0. The van der Waals surface area contributed by atoms with E-state index in [1.807, 2.05) is 13.8 Å². The lowest BCUT2D eigenvalue weighted by Crippen LogP contribution is -2.43. The Kier molecular flexibility index (Phi) is 5.59. The first-order valence-corrected chi connectivity index (χ1v) is 5.98. The third-order valence-electron chi connectivity index (χ3n) is 2.69. The molecule has 1 heterocycles. The Bertz CT molecular complexity index is 321. The average molecular weight is 257 g/mol. The van der Waals surface area contributed by atoms with Crippen LogP contribution in [0.15, 0.2) is 24.3 Å². The summed E-state index contributed by atoms with van der Waals surface area (Å²) in [5.74, 6) is 0.953. The summed E-state index contributed by atoms with van der Waals surface area (Å²) in [6.07, 6.45) is 0.241. The van der Waals surface area contributed by atoms with Crippen molar-refractivity contribution in [2.45, 2.75) is 20.0 Å². The van der Waals surface area contributed by atoms with E-state index in [0.29, 0.717) is 0 Å². The van der Waals surface area contributed by atoms with Crippen molar-refractivity contribution >= 4 is 18.1 Å². The molecular weight excluding hydrogens is 236 g/mol. The summed E-state index contributed by atoms with van der Waals surface area (Å²) in [4.78, 5) is 2.40. The summed E-state index contributed by atoms with van der Waals surface area (Å²) in [5, 5.41) is 3.36. The van der Waals surface area contributed by atoms with Crippen LogP contribution in [-0.4, -0.2) is 32.3 Å². The van der Waals surface area contributed by atoms with Crippen LogP contribution in [0.3, 0.4) is 0 Å². The minimum absolute atomic E-state index is 0. The molecule has 0 unspecified atom stereocenters. The Morgan fingerprint density at radius 3 is 2.24 bits per heavy atom. The Morgan fingerprint density at radius 2 is 1.71 bits per heavy atom. The number of hydrogen-bond acceptors (Lipinski definition) is 3. The second kappa shape index (κ2) is 6.72. The van der Waals surface area contributed by atoms with E-state index in [1.54, 1.807) is 0 Å². The number of benzene rings is 1. The minimum Gasteiger partial charge on any atom is -0.491 e. The summed E-state index contributed by atoms with van der Waals surface area (Å²) in [7, 11) is 0. The lowest BCUT2D eigenvalue weighted by Gasteiger charge is -2.29. The highest BCUT2D eigenvalue weighted by molar-refractivity contribution is 5.85. The quantitative estimate of drug-likeness (QED) is 0.898. The Morgan fingerprint density at radius 1 is 1.12 bits per heavy atom. The molecule has 0 radical (unpaired) electrons. The zero-order valence-corrected chi connectivity index (χ0v) is 11.3. The molecule has 0 amide bonds. The van der Waals surface area contributed by atoms with Gasteiger partial charge < -0.3 is 15.0 Å². The number of ether oxygens (including phenoxy) is 1. The normalized spacial score (nSPS) is 15.6. The maximum absolute atomic E-state index is 5.63. The average Bonchev–Trinajstić information content (AvgIpc) is 2.30. The molecule has 0 atom stereocenters. The smallest absolute Gasteiger partial charge is 0.119 e. The van der Waals surface area contributed by atoms with Crippen LogP contribution < -0.4 is 15.0 Å². The Hall–Kier alpha value is -0.930. The zero-order valence-electron chi connectivity index (χ0n) is 10.5. The van der Waals surface area contributed by atoms with E-state index in [1.165, 1.54) is 5.69 Å². The number of anilines is 1. The van der Waals surface area contributed by atoms with E-state index in [9.17, 15) is 0 Å². The van der Waals surface area contributed by atoms with Gasteiger partial charge >= 0.3 is 0 Å². The predicted molar refractivity (Wildman–Crippen MR) is 74.5 cm³/mol. The van der Waals surface area contributed by atoms with E-state index in [4.69, 9.17) is 4.74 Å².